The van der Waals surface area contributed by atoms with Crippen molar-refractivity contribution in [2.24, 2.45) is 5.73 Å². The summed E-state index contributed by atoms with van der Waals surface area (Å²) < 4.78 is 0. The number of carbonyl (C=O) groups excluding carboxylic acids is 3. The smallest absolute Gasteiger partial charge is 0.332 e. The van der Waals surface area contributed by atoms with Crippen LogP contribution in [0.2, 0.25) is 0 Å². The van der Waals surface area contributed by atoms with Crippen molar-refractivity contribution in [2.45, 2.75) is 45.4 Å². The van der Waals surface area contributed by atoms with Gasteiger partial charge >= 0.3 is 5.97 Å². The highest BCUT2D eigenvalue weighted by Gasteiger charge is 2.07. The van der Waals surface area contributed by atoms with Gasteiger partial charge in [0.15, 0.2) is 0 Å². The molecule has 0 aliphatic rings. The van der Waals surface area contributed by atoms with Crippen molar-refractivity contribution in [3.05, 3.63) is 0 Å². The highest BCUT2D eigenvalue weighted by Crippen LogP contribution is 1.99. The molecule has 0 saturated carbocycles. The van der Waals surface area contributed by atoms with Crippen molar-refractivity contribution < 1.29 is 19.2 Å². The van der Waals surface area contributed by atoms with Crippen molar-refractivity contribution >= 4 is 17.8 Å². The summed E-state index contributed by atoms with van der Waals surface area (Å²) >= 11 is 0. The van der Waals surface area contributed by atoms with E-state index in [2.05, 4.69) is 4.84 Å². The number of hydrogen-bond donors (Lipinski definition) is 2. The van der Waals surface area contributed by atoms with Gasteiger partial charge in [-0.2, -0.15) is 5.48 Å². The second-order valence-corrected chi connectivity index (χ2v) is 3.42. The molecule has 0 radical (unpaired) electrons. The first kappa shape index (κ1) is 14.4. The Bertz CT molecular complexity index is 253. The SMILES string of the molecule is CCCCCC(=O)ONC(=O)CCC(N)=O. The Morgan fingerprint density at radius 3 is 2.38 bits per heavy atom. The standard InChI is InChI=1S/C10H18N2O4/c1-2-3-4-5-10(15)16-12-9(14)7-6-8(11)13/h2-7H2,1H3,(H2,11,13)(H,12,14). The van der Waals surface area contributed by atoms with E-state index in [9.17, 15) is 14.4 Å². The Labute approximate surface area is 94.5 Å². The van der Waals surface area contributed by atoms with Crippen LogP contribution in [0.1, 0.15) is 45.4 Å². The molecule has 0 aliphatic heterocycles. The summed E-state index contributed by atoms with van der Waals surface area (Å²) in [7, 11) is 0. The zero-order valence-electron chi connectivity index (χ0n) is 9.45. The number of carbonyl (C=O) groups is 3. The van der Waals surface area contributed by atoms with Crippen LogP contribution in [0.15, 0.2) is 0 Å². The van der Waals surface area contributed by atoms with Gasteiger partial charge in [-0.05, 0) is 6.42 Å². The minimum atomic E-state index is -0.565. The lowest BCUT2D eigenvalue weighted by Crippen LogP contribution is -2.28. The van der Waals surface area contributed by atoms with Crippen LogP contribution < -0.4 is 11.2 Å². The van der Waals surface area contributed by atoms with Crippen molar-refractivity contribution in [2.75, 3.05) is 0 Å². The topological polar surface area (TPSA) is 98.5 Å². The summed E-state index contributed by atoms with van der Waals surface area (Å²) in [5, 5.41) is 0. The van der Waals surface area contributed by atoms with Crippen molar-refractivity contribution in [1.29, 1.82) is 0 Å². The summed E-state index contributed by atoms with van der Waals surface area (Å²) in [6.45, 7) is 2.02. The Kier molecular flexibility index (Phi) is 7.83. The van der Waals surface area contributed by atoms with E-state index in [0.717, 1.165) is 19.3 Å². The monoisotopic (exact) mass is 230 g/mol. The van der Waals surface area contributed by atoms with E-state index in [4.69, 9.17) is 5.73 Å². The van der Waals surface area contributed by atoms with Crippen molar-refractivity contribution in [3.63, 3.8) is 0 Å². The Balaban J connectivity index is 3.51. The van der Waals surface area contributed by atoms with Crippen LogP contribution in [0.25, 0.3) is 0 Å². The molecule has 0 aliphatic carbocycles. The molecule has 0 spiro atoms. The molecule has 0 unspecified atom stereocenters. The molecule has 0 bridgehead atoms. The average molecular weight is 230 g/mol. The number of rotatable bonds is 7. The second-order valence-electron chi connectivity index (χ2n) is 3.42. The highest BCUT2D eigenvalue weighted by atomic mass is 16.7. The number of nitrogens with one attached hydrogen (secondary N) is 1. The zero-order chi connectivity index (χ0) is 12.4. The first-order valence-electron chi connectivity index (χ1n) is 5.33. The van der Waals surface area contributed by atoms with Crippen LogP contribution in [0, 0.1) is 0 Å². The predicted molar refractivity (Wildman–Crippen MR) is 56.8 cm³/mol. The molecule has 0 saturated heterocycles. The molecular formula is C10H18N2O4. The van der Waals surface area contributed by atoms with E-state index in [1.807, 2.05) is 12.4 Å². The Hall–Kier alpha value is -1.59. The zero-order valence-corrected chi connectivity index (χ0v) is 9.45. The molecule has 6 heteroatoms. The van der Waals surface area contributed by atoms with Gasteiger partial charge in [-0.25, -0.2) is 4.79 Å². The maximum absolute atomic E-state index is 11.0. The normalized spacial score (nSPS) is 9.56. The Morgan fingerprint density at radius 2 is 1.81 bits per heavy atom. The van der Waals surface area contributed by atoms with Gasteiger partial charge in [0.1, 0.15) is 0 Å². The van der Waals surface area contributed by atoms with Crippen LogP contribution in [-0.2, 0) is 19.2 Å². The molecule has 6 nitrogen and oxygen atoms in total. The molecule has 0 rings (SSSR count). The van der Waals surface area contributed by atoms with Gasteiger partial charge in [0.25, 0.3) is 5.91 Å². The largest absolute Gasteiger partial charge is 0.370 e. The second kappa shape index (κ2) is 8.70. The highest BCUT2D eigenvalue weighted by molar-refractivity contribution is 5.83. The fraction of sp³-hybridized carbons (Fsp3) is 0.700. The predicted octanol–water partition coefficient (Wildman–Crippen LogP) is 0.407. The summed E-state index contributed by atoms with van der Waals surface area (Å²) in [5.41, 5.74) is 6.82. The summed E-state index contributed by atoms with van der Waals surface area (Å²) in [6.07, 6.45) is 2.86. The molecular weight excluding hydrogens is 212 g/mol. The third-order valence-electron chi connectivity index (χ3n) is 1.86. The van der Waals surface area contributed by atoms with Crippen LogP contribution in [0.5, 0.6) is 0 Å². The Morgan fingerprint density at radius 1 is 1.12 bits per heavy atom. The van der Waals surface area contributed by atoms with E-state index in [-0.39, 0.29) is 19.3 Å². The minimum absolute atomic E-state index is 0.0563. The minimum Gasteiger partial charge on any atom is -0.370 e. The van der Waals surface area contributed by atoms with Crippen LogP contribution in [-0.4, -0.2) is 17.8 Å². The third kappa shape index (κ3) is 8.98. The van der Waals surface area contributed by atoms with E-state index >= 15 is 0 Å². The van der Waals surface area contributed by atoms with Gasteiger partial charge in [-0.1, -0.05) is 19.8 Å². The summed E-state index contributed by atoms with van der Waals surface area (Å²) in [5.74, 6) is -1.56. The van der Waals surface area contributed by atoms with E-state index in [1.54, 1.807) is 0 Å². The quantitative estimate of drug-likeness (QED) is 0.488. The molecule has 2 amide bonds. The lowest BCUT2D eigenvalue weighted by atomic mass is 10.2. The van der Waals surface area contributed by atoms with Crippen molar-refractivity contribution in [3.8, 4) is 0 Å². The fourth-order valence-corrected chi connectivity index (χ4v) is 0.972. The van der Waals surface area contributed by atoms with Gasteiger partial charge in [0.2, 0.25) is 5.91 Å². The number of amides is 2. The lowest BCUT2D eigenvalue weighted by molar-refractivity contribution is -0.158. The fourth-order valence-electron chi connectivity index (χ4n) is 0.972. The van der Waals surface area contributed by atoms with Crippen LogP contribution in [0.3, 0.4) is 0 Å². The maximum atomic E-state index is 11.0. The third-order valence-corrected chi connectivity index (χ3v) is 1.86. The molecule has 0 fully saturated rings. The molecule has 0 aromatic carbocycles. The lowest BCUT2D eigenvalue weighted by Gasteiger charge is -2.04. The van der Waals surface area contributed by atoms with Gasteiger partial charge in [-0.15, -0.1) is 0 Å². The molecule has 0 heterocycles. The van der Waals surface area contributed by atoms with Crippen LogP contribution in [0.4, 0.5) is 0 Å². The van der Waals surface area contributed by atoms with Gasteiger partial charge in [0.05, 0.1) is 0 Å². The molecule has 92 valence electrons. The van der Waals surface area contributed by atoms with E-state index in [1.165, 1.54) is 0 Å². The summed E-state index contributed by atoms with van der Waals surface area (Å²) in [4.78, 5) is 36.9. The van der Waals surface area contributed by atoms with Gasteiger partial charge in [-0.3, -0.25) is 9.59 Å². The first-order chi connectivity index (χ1) is 7.56. The average Bonchev–Trinajstić information content (AvgIpc) is 2.24. The molecule has 0 aromatic rings. The molecule has 0 atom stereocenters. The number of hydroxylamine groups is 1. The van der Waals surface area contributed by atoms with E-state index < -0.39 is 17.8 Å². The maximum Gasteiger partial charge on any atom is 0.332 e. The summed E-state index contributed by atoms with van der Waals surface area (Å²) in [6, 6.07) is 0. The first-order valence-corrected chi connectivity index (χ1v) is 5.33. The van der Waals surface area contributed by atoms with Gasteiger partial charge in [0, 0.05) is 19.3 Å². The number of nitrogens with two attached hydrogens (primary N) is 1. The van der Waals surface area contributed by atoms with E-state index in [0.29, 0.717) is 0 Å². The number of hydrogen-bond acceptors (Lipinski definition) is 4. The number of primary amides is 1. The molecule has 16 heavy (non-hydrogen) atoms. The van der Waals surface area contributed by atoms with Crippen LogP contribution >= 0.6 is 0 Å². The van der Waals surface area contributed by atoms with Crippen molar-refractivity contribution in [1.82, 2.24) is 5.48 Å². The van der Waals surface area contributed by atoms with Gasteiger partial charge < -0.3 is 10.6 Å². The number of unbranched alkanes of at least 4 members (excludes halogenated alkanes) is 2. The molecule has 3 N–H and O–H groups in total. The molecule has 0 aromatic heterocycles.